The van der Waals surface area contributed by atoms with Gasteiger partial charge in [0.15, 0.2) is 0 Å². The van der Waals surface area contributed by atoms with Gasteiger partial charge in [0.05, 0.1) is 12.5 Å². The number of anilines is 1. The molecule has 3 saturated heterocycles. The van der Waals surface area contributed by atoms with Crippen molar-refractivity contribution in [1.82, 2.24) is 15.0 Å². The monoisotopic (exact) mass is 358 g/mol. The smallest absolute Gasteiger partial charge is 0.414 e. The second-order valence-electron chi connectivity index (χ2n) is 6.61. The molecule has 1 amide bonds. The van der Waals surface area contributed by atoms with Gasteiger partial charge in [0.1, 0.15) is 0 Å². The first-order chi connectivity index (χ1) is 11.2. The Bertz CT molecular complexity index is 527. The Kier molecular flexibility index (Phi) is 6.86. The molecule has 0 radical (unpaired) electrons. The molecule has 7 nitrogen and oxygen atoms in total. The molecule has 1 atom stereocenters. The number of ether oxygens (including phenoxy) is 1. The summed E-state index contributed by atoms with van der Waals surface area (Å²) in [5.74, 6) is 2.14. The van der Waals surface area contributed by atoms with E-state index in [1.54, 1.807) is 0 Å². The third-order valence-corrected chi connectivity index (χ3v) is 5.23. The molecular formula is C16H27ClN4O3. The quantitative estimate of drug-likeness (QED) is 0.840. The van der Waals surface area contributed by atoms with Crippen molar-refractivity contribution in [3.63, 3.8) is 0 Å². The highest BCUT2D eigenvalue weighted by Crippen LogP contribution is 2.38. The van der Waals surface area contributed by atoms with E-state index in [4.69, 9.17) is 9.26 Å². The highest BCUT2D eigenvalue weighted by atomic mass is 35.5. The number of hydrogen-bond donors (Lipinski definition) is 1. The predicted octanol–water partition coefficient (Wildman–Crippen LogP) is 3.29. The lowest BCUT2D eigenvalue weighted by Gasteiger charge is -2.43. The highest BCUT2D eigenvalue weighted by Gasteiger charge is 2.38. The van der Waals surface area contributed by atoms with E-state index >= 15 is 0 Å². The molecule has 0 saturated carbocycles. The van der Waals surface area contributed by atoms with Gasteiger partial charge in [-0.05, 0) is 42.9 Å². The van der Waals surface area contributed by atoms with Crippen LogP contribution in [0.3, 0.4) is 0 Å². The SMILES string of the molecule is CCC(CC)COC(=O)Nc1noc(C2CN3CCC2CC3)n1.Cl. The van der Waals surface area contributed by atoms with Crippen LogP contribution in [0.4, 0.5) is 10.7 Å². The fourth-order valence-corrected chi connectivity index (χ4v) is 3.53. The molecule has 0 spiro atoms. The van der Waals surface area contributed by atoms with Crippen molar-refractivity contribution in [2.24, 2.45) is 11.8 Å². The van der Waals surface area contributed by atoms with E-state index in [0.717, 1.165) is 19.4 Å². The van der Waals surface area contributed by atoms with Crippen LogP contribution in [-0.2, 0) is 4.74 Å². The number of amides is 1. The second-order valence-corrected chi connectivity index (χ2v) is 6.61. The number of nitrogens with one attached hydrogen (secondary N) is 1. The Morgan fingerprint density at radius 3 is 2.67 bits per heavy atom. The number of aromatic nitrogens is 2. The van der Waals surface area contributed by atoms with Crippen LogP contribution >= 0.6 is 12.4 Å². The molecule has 3 aliphatic rings. The largest absolute Gasteiger partial charge is 0.449 e. The van der Waals surface area contributed by atoms with Gasteiger partial charge in [-0.3, -0.25) is 5.32 Å². The van der Waals surface area contributed by atoms with E-state index in [9.17, 15) is 4.79 Å². The van der Waals surface area contributed by atoms with Gasteiger partial charge in [0.2, 0.25) is 5.89 Å². The van der Waals surface area contributed by atoms with Gasteiger partial charge in [-0.25, -0.2) is 4.79 Å². The summed E-state index contributed by atoms with van der Waals surface area (Å²) in [5, 5.41) is 6.42. The number of carbonyl (C=O) groups excluding carboxylic acids is 1. The third-order valence-electron chi connectivity index (χ3n) is 5.23. The molecule has 1 aromatic heterocycles. The number of nitrogens with zero attached hydrogens (tertiary/aromatic N) is 3. The summed E-state index contributed by atoms with van der Waals surface area (Å²) in [5.41, 5.74) is 0. The van der Waals surface area contributed by atoms with E-state index in [2.05, 4.69) is 34.2 Å². The van der Waals surface area contributed by atoms with Crippen molar-refractivity contribution in [3.05, 3.63) is 5.89 Å². The summed E-state index contributed by atoms with van der Waals surface area (Å²) in [6, 6.07) is 0. The first kappa shape index (κ1) is 19.0. The van der Waals surface area contributed by atoms with Crippen molar-refractivity contribution in [3.8, 4) is 0 Å². The number of rotatable bonds is 6. The van der Waals surface area contributed by atoms with E-state index < -0.39 is 6.09 Å². The van der Waals surface area contributed by atoms with Crippen LogP contribution in [0, 0.1) is 11.8 Å². The van der Waals surface area contributed by atoms with Crippen LogP contribution in [-0.4, -0.2) is 47.4 Å². The van der Waals surface area contributed by atoms with E-state index in [0.29, 0.717) is 30.3 Å². The topological polar surface area (TPSA) is 80.5 Å². The van der Waals surface area contributed by atoms with E-state index in [-0.39, 0.29) is 18.4 Å². The maximum absolute atomic E-state index is 11.8. The summed E-state index contributed by atoms with van der Waals surface area (Å²) in [6.45, 7) is 7.92. The first-order valence-electron chi connectivity index (χ1n) is 8.69. The van der Waals surface area contributed by atoms with Crippen molar-refractivity contribution >= 4 is 24.4 Å². The van der Waals surface area contributed by atoms with Crippen LogP contribution in [0.25, 0.3) is 0 Å². The molecule has 3 fully saturated rings. The van der Waals surface area contributed by atoms with Gasteiger partial charge < -0.3 is 14.2 Å². The summed E-state index contributed by atoms with van der Waals surface area (Å²) < 4.78 is 10.6. The molecular weight excluding hydrogens is 332 g/mol. The summed E-state index contributed by atoms with van der Waals surface area (Å²) in [4.78, 5) is 18.6. The predicted molar refractivity (Wildman–Crippen MR) is 92.5 cm³/mol. The van der Waals surface area contributed by atoms with Gasteiger partial charge >= 0.3 is 6.09 Å². The summed E-state index contributed by atoms with van der Waals surface area (Å²) in [6.07, 6.45) is 3.85. The van der Waals surface area contributed by atoms with Gasteiger partial charge in [-0.1, -0.05) is 26.7 Å². The first-order valence-corrected chi connectivity index (χ1v) is 8.69. The molecule has 1 N–H and O–H groups in total. The van der Waals surface area contributed by atoms with Crippen molar-refractivity contribution < 1.29 is 14.1 Å². The Morgan fingerprint density at radius 1 is 1.38 bits per heavy atom. The lowest BCUT2D eigenvalue weighted by molar-refractivity contribution is 0.0727. The zero-order valence-electron chi connectivity index (χ0n) is 14.4. The van der Waals surface area contributed by atoms with Crippen molar-refractivity contribution in [2.75, 3.05) is 31.6 Å². The average molecular weight is 359 g/mol. The molecule has 1 unspecified atom stereocenters. The van der Waals surface area contributed by atoms with Crippen LogP contribution in [0.2, 0.25) is 0 Å². The third kappa shape index (κ3) is 4.39. The molecule has 2 bridgehead atoms. The fraction of sp³-hybridized carbons (Fsp3) is 0.812. The maximum Gasteiger partial charge on any atom is 0.414 e. The van der Waals surface area contributed by atoms with Crippen LogP contribution in [0.1, 0.15) is 51.3 Å². The van der Waals surface area contributed by atoms with Crippen LogP contribution < -0.4 is 5.32 Å². The van der Waals surface area contributed by atoms with Crippen molar-refractivity contribution in [2.45, 2.75) is 45.4 Å². The molecule has 4 rings (SSSR count). The maximum atomic E-state index is 11.8. The molecule has 3 aliphatic heterocycles. The number of halogens is 1. The Morgan fingerprint density at radius 2 is 2.08 bits per heavy atom. The van der Waals surface area contributed by atoms with Crippen LogP contribution in [0.5, 0.6) is 0 Å². The number of hydrogen-bond acceptors (Lipinski definition) is 6. The minimum Gasteiger partial charge on any atom is -0.449 e. The zero-order chi connectivity index (χ0) is 16.2. The number of piperidine rings is 3. The summed E-state index contributed by atoms with van der Waals surface area (Å²) >= 11 is 0. The number of fused-ring (bicyclic) bond motifs is 3. The molecule has 0 aliphatic carbocycles. The fourth-order valence-electron chi connectivity index (χ4n) is 3.53. The Labute approximate surface area is 148 Å². The lowest BCUT2D eigenvalue weighted by Crippen LogP contribution is -2.46. The number of carbonyl (C=O) groups is 1. The molecule has 1 aromatic rings. The molecule has 136 valence electrons. The minimum absolute atomic E-state index is 0. The Balaban J connectivity index is 0.00000208. The lowest BCUT2D eigenvalue weighted by atomic mass is 9.79. The molecule has 8 heteroatoms. The van der Waals surface area contributed by atoms with Gasteiger partial charge in [-0.15, -0.1) is 12.4 Å². The van der Waals surface area contributed by atoms with E-state index in [1.807, 2.05) is 0 Å². The van der Waals surface area contributed by atoms with Gasteiger partial charge in [0, 0.05) is 6.54 Å². The molecule has 4 heterocycles. The van der Waals surface area contributed by atoms with Crippen molar-refractivity contribution in [1.29, 1.82) is 0 Å². The highest BCUT2D eigenvalue weighted by molar-refractivity contribution is 5.85. The van der Waals surface area contributed by atoms with Gasteiger partial charge in [-0.2, -0.15) is 4.98 Å². The average Bonchev–Trinajstić information content (AvgIpc) is 3.05. The Hall–Kier alpha value is -1.34. The molecule has 0 aromatic carbocycles. The second kappa shape index (κ2) is 8.67. The minimum atomic E-state index is -0.516. The molecule has 24 heavy (non-hydrogen) atoms. The zero-order valence-corrected chi connectivity index (χ0v) is 15.2. The standard InChI is InChI=1S/C16H26N4O3.ClH/c1-3-11(4-2)10-22-16(21)18-15-17-14(23-19-15)13-9-20-7-5-12(13)6-8-20;/h11-13H,3-10H2,1-2H3,(H,18,19,21);1H. The van der Waals surface area contributed by atoms with E-state index in [1.165, 1.54) is 25.9 Å². The van der Waals surface area contributed by atoms with Gasteiger partial charge in [0.25, 0.3) is 5.95 Å². The van der Waals surface area contributed by atoms with Crippen LogP contribution in [0.15, 0.2) is 4.52 Å². The normalized spacial score (nSPS) is 25.4. The summed E-state index contributed by atoms with van der Waals surface area (Å²) in [7, 11) is 0.